The number of aldehydes is 1. The van der Waals surface area contributed by atoms with E-state index in [9.17, 15) is 14.0 Å². The van der Waals surface area contributed by atoms with E-state index < -0.39 is 11.4 Å². The number of aromatic nitrogens is 2. The molecule has 0 aliphatic heterocycles. The summed E-state index contributed by atoms with van der Waals surface area (Å²) in [6.45, 7) is 0. The highest BCUT2D eigenvalue weighted by Gasteiger charge is 2.12. The first-order chi connectivity index (χ1) is 8.72. The van der Waals surface area contributed by atoms with Gasteiger partial charge in [0.15, 0.2) is 12.1 Å². The molecule has 0 aliphatic rings. The molecular formula is C13H7FN2O2. The third kappa shape index (κ3) is 1.34. The molecule has 0 atom stereocenters. The molecule has 0 radical (unpaired) electrons. The third-order valence-corrected chi connectivity index (χ3v) is 2.84. The molecule has 1 aromatic carbocycles. The zero-order valence-corrected chi connectivity index (χ0v) is 9.11. The van der Waals surface area contributed by atoms with Crippen LogP contribution in [0.5, 0.6) is 0 Å². The molecule has 0 aliphatic carbocycles. The summed E-state index contributed by atoms with van der Waals surface area (Å²) in [4.78, 5) is 29.0. The molecule has 1 N–H and O–H groups in total. The second-order valence-corrected chi connectivity index (χ2v) is 3.86. The van der Waals surface area contributed by atoms with Crippen LogP contribution in [0.4, 0.5) is 4.39 Å². The summed E-state index contributed by atoms with van der Waals surface area (Å²) in [6, 6.07) is 6.20. The van der Waals surface area contributed by atoms with Crippen LogP contribution in [0.25, 0.3) is 21.8 Å². The lowest BCUT2D eigenvalue weighted by atomic mass is 10.1. The molecule has 0 amide bonds. The van der Waals surface area contributed by atoms with Crippen LogP contribution in [0.2, 0.25) is 0 Å². The van der Waals surface area contributed by atoms with Crippen LogP contribution < -0.4 is 5.56 Å². The average Bonchev–Trinajstić information content (AvgIpc) is 2.41. The van der Waals surface area contributed by atoms with Crippen molar-refractivity contribution in [3.63, 3.8) is 0 Å². The number of carbonyl (C=O) groups excluding carboxylic acids is 1. The molecule has 4 nitrogen and oxygen atoms in total. The Morgan fingerprint density at radius 3 is 2.83 bits per heavy atom. The van der Waals surface area contributed by atoms with Crippen molar-refractivity contribution in [1.82, 2.24) is 9.97 Å². The number of H-pyrrole nitrogens is 1. The van der Waals surface area contributed by atoms with E-state index in [2.05, 4.69) is 9.97 Å². The molecule has 0 saturated heterocycles. The first kappa shape index (κ1) is 10.6. The van der Waals surface area contributed by atoms with Gasteiger partial charge in [-0.2, -0.15) is 0 Å². The van der Waals surface area contributed by atoms with E-state index in [1.807, 2.05) is 0 Å². The van der Waals surface area contributed by atoms with Gasteiger partial charge in [0.05, 0.1) is 22.0 Å². The highest BCUT2D eigenvalue weighted by Crippen LogP contribution is 2.22. The smallest absolute Gasteiger partial charge is 0.257 e. The number of nitrogens with one attached hydrogen (secondary N) is 1. The van der Waals surface area contributed by atoms with Crippen LogP contribution in [0.3, 0.4) is 0 Å². The number of hydrogen-bond acceptors (Lipinski definition) is 3. The molecule has 88 valence electrons. The van der Waals surface area contributed by atoms with Gasteiger partial charge in [-0.1, -0.05) is 0 Å². The van der Waals surface area contributed by atoms with Gasteiger partial charge in [-0.15, -0.1) is 0 Å². The van der Waals surface area contributed by atoms with E-state index >= 15 is 0 Å². The molecule has 0 bridgehead atoms. The molecule has 5 heteroatoms. The van der Waals surface area contributed by atoms with Crippen molar-refractivity contribution in [2.24, 2.45) is 0 Å². The van der Waals surface area contributed by atoms with Gasteiger partial charge in [0.25, 0.3) is 5.56 Å². The minimum Gasteiger partial charge on any atom is -0.319 e. The predicted octanol–water partition coefficient (Wildman–Crippen LogP) is 2.03. The zero-order chi connectivity index (χ0) is 12.7. The second-order valence-electron chi connectivity index (χ2n) is 3.86. The molecule has 0 saturated carbocycles. The molecule has 2 aromatic heterocycles. The third-order valence-electron chi connectivity index (χ3n) is 2.84. The fourth-order valence-corrected chi connectivity index (χ4v) is 1.99. The number of rotatable bonds is 1. The average molecular weight is 242 g/mol. The van der Waals surface area contributed by atoms with E-state index in [1.165, 1.54) is 12.3 Å². The maximum Gasteiger partial charge on any atom is 0.257 e. The first-order valence-corrected chi connectivity index (χ1v) is 5.27. The quantitative estimate of drug-likeness (QED) is 0.524. The number of fused-ring (bicyclic) bond motifs is 3. The number of aromatic amines is 1. The van der Waals surface area contributed by atoms with E-state index in [1.54, 1.807) is 18.2 Å². The van der Waals surface area contributed by atoms with Crippen molar-refractivity contribution in [3.05, 3.63) is 52.2 Å². The molecule has 0 fully saturated rings. The van der Waals surface area contributed by atoms with Crippen LogP contribution in [0.1, 0.15) is 10.4 Å². The van der Waals surface area contributed by atoms with Crippen LogP contribution in [-0.2, 0) is 0 Å². The lowest BCUT2D eigenvalue weighted by molar-refractivity contribution is 0.112. The minimum atomic E-state index is -0.729. The zero-order valence-electron chi connectivity index (χ0n) is 9.11. The van der Waals surface area contributed by atoms with Gasteiger partial charge in [0, 0.05) is 11.6 Å². The number of pyridine rings is 2. The van der Waals surface area contributed by atoms with Crippen LogP contribution in [0, 0.1) is 5.82 Å². The SMILES string of the molecule is O=Cc1ccc2c([nH]c(=O)c3cccnc32)c1F. The minimum absolute atomic E-state index is 0.0100. The second kappa shape index (κ2) is 3.73. The number of benzene rings is 1. The van der Waals surface area contributed by atoms with Crippen molar-refractivity contribution >= 4 is 28.1 Å². The van der Waals surface area contributed by atoms with Gasteiger partial charge < -0.3 is 4.98 Å². The monoisotopic (exact) mass is 242 g/mol. The van der Waals surface area contributed by atoms with Crippen LogP contribution >= 0.6 is 0 Å². The maximum absolute atomic E-state index is 13.9. The Morgan fingerprint density at radius 2 is 2.06 bits per heavy atom. The summed E-state index contributed by atoms with van der Waals surface area (Å²) in [5, 5.41) is 0.872. The van der Waals surface area contributed by atoms with E-state index in [0.717, 1.165) is 0 Å². The normalized spacial score (nSPS) is 10.9. The molecule has 18 heavy (non-hydrogen) atoms. The van der Waals surface area contributed by atoms with E-state index in [0.29, 0.717) is 22.6 Å². The van der Waals surface area contributed by atoms with Crippen molar-refractivity contribution in [3.8, 4) is 0 Å². The number of hydrogen-bond donors (Lipinski definition) is 1. The number of halogens is 1. The summed E-state index contributed by atoms with van der Waals surface area (Å²) in [6.07, 6.45) is 1.95. The lowest BCUT2D eigenvalue weighted by Gasteiger charge is -2.04. The number of carbonyl (C=O) groups is 1. The Balaban J connectivity index is 2.62. The lowest BCUT2D eigenvalue weighted by Crippen LogP contribution is -2.08. The summed E-state index contributed by atoms with van der Waals surface area (Å²) in [5.41, 5.74) is -0.0793. The molecule has 3 rings (SSSR count). The summed E-state index contributed by atoms with van der Waals surface area (Å²) in [5.74, 6) is -0.729. The van der Waals surface area contributed by atoms with E-state index in [-0.39, 0.29) is 11.1 Å². The standard InChI is InChI=1S/C13H7FN2O2/c14-10-7(6-17)3-4-8-11-9(2-1-5-15-11)13(18)16-12(8)10/h1-6H,(H,16,18). The molecule has 0 spiro atoms. The summed E-state index contributed by atoms with van der Waals surface area (Å²) >= 11 is 0. The van der Waals surface area contributed by atoms with Gasteiger partial charge in [-0.05, 0) is 24.3 Å². The molecule has 3 aromatic rings. The fraction of sp³-hybridized carbons (Fsp3) is 0. The van der Waals surface area contributed by atoms with Crippen molar-refractivity contribution in [2.75, 3.05) is 0 Å². The Labute approximate surface area is 100 Å². The largest absolute Gasteiger partial charge is 0.319 e. The topological polar surface area (TPSA) is 62.8 Å². The van der Waals surface area contributed by atoms with Crippen molar-refractivity contribution < 1.29 is 9.18 Å². The van der Waals surface area contributed by atoms with Gasteiger partial charge in [0.1, 0.15) is 0 Å². The molecular weight excluding hydrogens is 235 g/mol. The maximum atomic E-state index is 13.9. The van der Waals surface area contributed by atoms with Gasteiger partial charge in [-0.25, -0.2) is 4.39 Å². The van der Waals surface area contributed by atoms with Crippen molar-refractivity contribution in [1.29, 1.82) is 0 Å². The summed E-state index contributed by atoms with van der Waals surface area (Å²) < 4.78 is 13.9. The van der Waals surface area contributed by atoms with Gasteiger partial charge in [0.2, 0.25) is 0 Å². The Bertz CT molecular complexity index is 839. The van der Waals surface area contributed by atoms with Crippen molar-refractivity contribution in [2.45, 2.75) is 0 Å². The van der Waals surface area contributed by atoms with Crippen LogP contribution in [-0.4, -0.2) is 16.3 Å². The molecule has 2 heterocycles. The van der Waals surface area contributed by atoms with Gasteiger partial charge in [-0.3, -0.25) is 14.6 Å². The Hall–Kier alpha value is -2.56. The fourth-order valence-electron chi connectivity index (χ4n) is 1.99. The van der Waals surface area contributed by atoms with Gasteiger partial charge >= 0.3 is 0 Å². The van der Waals surface area contributed by atoms with E-state index in [4.69, 9.17) is 0 Å². The first-order valence-electron chi connectivity index (χ1n) is 5.27. The highest BCUT2D eigenvalue weighted by molar-refractivity contribution is 6.04. The number of nitrogens with zero attached hydrogens (tertiary/aromatic N) is 1. The highest BCUT2D eigenvalue weighted by atomic mass is 19.1. The Kier molecular flexibility index (Phi) is 2.19. The predicted molar refractivity (Wildman–Crippen MR) is 65.2 cm³/mol. The Morgan fingerprint density at radius 1 is 1.22 bits per heavy atom. The van der Waals surface area contributed by atoms with Crippen LogP contribution in [0.15, 0.2) is 35.3 Å². The summed E-state index contributed by atoms with van der Waals surface area (Å²) in [7, 11) is 0. The molecule has 0 unspecified atom stereocenters.